The number of aromatic hydroxyl groups is 1. The fourth-order valence-electron chi connectivity index (χ4n) is 2.42. The highest BCUT2D eigenvalue weighted by atomic mass is 16.5. The molecule has 5 nitrogen and oxygen atoms in total. The first-order valence-electron chi connectivity index (χ1n) is 9.02. The minimum Gasteiger partial charge on any atom is -0.499 e. The van der Waals surface area contributed by atoms with Gasteiger partial charge in [-0.3, -0.25) is 0 Å². The fraction of sp³-hybridized carbons (Fsp3) is 0.381. The number of allylic oxidation sites excluding steroid dienone is 2. The van der Waals surface area contributed by atoms with Crippen molar-refractivity contribution in [2.45, 2.75) is 39.5 Å². The molecule has 5 heteroatoms. The first-order valence-corrected chi connectivity index (χ1v) is 9.02. The molecule has 26 heavy (non-hydrogen) atoms. The maximum Gasteiger partial charge on any atom is 0.382 e. The standard InChI is InChI=1S/C21H26O5/c1-3-5-7-9-13-24-16-11-12-17-18(15-16)26-21(23)19(22)20(17)25-14-10-8-6-4-2/h5-8,11-12,15,22H,3-4,9-10,13-14H2,1-2H3. The van der Waals surface area contributed by atoms with E-state index >= 15 is 0 Å². The van der Waals surface area contributed by atoms with Crippen molar-refractivity contribution in [2.75, 3.05) is 13.2 Å². The highest BCUT2D eigenvalue weighted by molar-refractivity contribution is 5.86. The van der Waals surface area contributed by atoms with Crippen LogP contribution in [0, 0.1) is 0 Å². The molecule has 0 aliphatic carbocycles. The van der Waals surface area contributed by atoms with Gasteiger partial charge in [-0.1, -0.05) is 38.2 Å². The minimum absolute atomic E-state index is 0.151. The lowest BCUT2D eigenvalue weighted by molar-refractivity contribution is 0.300. The molecule has 1 aromatic heterocycles. The molecule has 0 atom stereocenters. The van der Waals surface area contributed by atoms with Crippen LogP contribution in [-0.2, 0) is 0 Å². The van der Waals surface area contributed by atoms with E-state index in [1.54, 1.807) is 18.2 Å². The molecule has 1 N–H and O–H groups in total. The maximum absolute atomic E-state index is 11.9. The van der Waals surface area contributed by atoms with Crippen molar-refractivity contribution in [3.63, 3.8) is 0 Å². The molecule has 2 rings (SSSR count). The lowest BCUT2D eigenvalue weighted by atomic mass is 10.2. The summed E-state index contributed by atoms with van der Waals surface area (Å²) in [5.74, 6) is 0.252. The summed E-state index contributed by atoms with van der Waals surface area (Å²) in [7, 11) is 0. The molecule has 0 spiro atoms. The van der Waals surface area contributed by atoms with E-state index in [1.807, 2.05) is 12.2 Å². The Hall–Kier alpha value is -2.69. The van der Waals surface area contributed by atoms with Crippen LogP contribution in [-0.4, -0.2) is 18.3 Å². The molecule has 2 aromatic rings. The average molecular weight is 358 g/mol. The predicted octanol–water partition coefficient (Wildman–Crippen LogP) is 4.97. The van der Waals surface area contributed by atoms with Gasteiger partial charge in [0, 0.05) is 6.07 Å². The SMILES string of the molecule is CCC=CCCOc1ccc2c(OCCC=CCC)c(O)c(=O)oc2c1. The Labute approximate surface area is 153 Å². The van der Waals surface area contributed by atoms with E-state index in [2.05, 4.69) is 26.0 Å². The van der Waals surface area contributed by atoms with Crippen LogP contribution in [0.5, 0.6) is 17.2 Å². The Kier molecular flexibility index (Phi) is 7.80. The number of hydrogen-bond donors (Lipinski definition) is 1. The summed E-state index contributed by atoms with van der Waals surface area (Å²) < 4.78 is 16.5. The van der Waals surface area contributed by atoms with Crippen molar-refractivity contribution >= 4 is 11.0 Å². The molecule has 0 aliphatic heterocycles. The average Bonchev–Trinajstić information content (AvgIpc) is 2.64. The molecule has 1 heterocycles. The van der Waals surface area contributed by atoms with Crippen molar-refractivity contribution in [2.24, 2.45) is 0 Å². The molecule has 140 valence electrons. The molecule has 0 aliphatic rings. The Morgan fingerprint density at radius 1 is 1.00 bits per heavy atom. The van der Waals surface area contributed by atoms with E-state index in [9.17, 15) is 9.90 Å². The number of rotatable bonds is 10. The monoisotopic (exact) mass is 358 g/mol. The summed E-state index contributed by atoms with van der Waals surface area (Å²) in [6.45, 7) is 5.04. The van der Waals surface area contributed by atoms with Crippen molar-refractivity contribution in [3.05, 3.63) is 52.9 Å². The molecule has 0 fully saturated rings. The van der Waals surface area contributed by atoms with Crippen LogP contribution in [0.15, 0.2) is 51.7 Å². The maximum atomic E-state index is 11.9. The Bertz CT molecular complexity index is 817. The summed E-state index contributed by atoms with van der Waals surface area (Å²) in [5.41, 5.74) is -0.492. The molecular formula is C21H26O5. The zero-order valence-electron chi connectivity index (χ0n) is 15.4. The summed E-state index contributed by atoms with van der Waals surface area (Å²) in [6.07, 6.45) is 11.7. The molecule has 0 amide bonds. The molecule has 1 aromatic carbocycles. The Morgan fingerprint density at radius 3 is 2.31 bits per heavy atom. The van der Waals surface area contributed by atoms with Crippen molar-refractivity contribution in [1.82, 2.24) is 0 Å². The van der Waals surface area contributed by atoms with Crippen LogP contribution in [0.2, 0.25) is 0 Å². The topological polar surface area (TPSA) is 68.9 Å². The van der Waals surface area contributed by atoms with Gasteiger partial charge < -0.3 is 19.0 Å². The number of fused-ring (bicyclic) bond motifs is 1. The highest BCUT2D eigenvalue weighted by Crippen LogP contribution is 2.33. The van der Waals surface area contributed by atoms with E-state index in [0.717, 1.165) is 19.3 Å². The predicted molar refractivity (Wildman–Crippen MR) is 103 cm³/mol. The summed E-state index contributed by atoms with van der Waals surface area (Å²) >= 11 is 0. The van der Waals surface area contributed by atoms with Crippen molar-refractivity contribution in [1.29, 1.82) is 0 Å². The fourth-order valence-corrected chi connectivity index (χ4v) is 2.42. The zero-order chi connectivity index (χ0) is 18.8. The lowest BCUT2D eigenvalue weighted by Gasteiger charge is -2.10. The van der Waals surface area contributed by atoms with Crippen LogP contribution in [0.25, 0.3) is 11.0 Å². The second-order valence-corrected chi connectivity index (χ2v) is 5.76. The smallest absolute Gasteiger partial charge is 0.382 e. The molecule has 0 unspecified atom stereocenters. The normalized spacial score (nSPS) is 11.6. The third-order valence-electron chi connectivity index (χ3n) is 3.70. The minimum atomic E-state index is -0.820. The van der Waals surface area contributed by atoms with E-state index in [-0.39, 0.29) is 5.75 Å². The molecule has 0 saturated heterocycles. The molecule has 0 saturated carbocycles. The zero-order valence-corrected chi connectivity index (χ0v) is 15.4. The van der Waals surface area contributed by atoms with Gasteiger partial charge in [0.15, 0.2) is 5.75 Å². The van der Waals surface area contributed by atoms with Gasteiger partial charge in [-0.2, -0.15) is 0 Å². The lowest BCUT2D eigenvalue weighted by Crippen LogP contribution is -2.04. The van der Waals surface area contributed by atoms with Gasteiger partial charge in [-0.15, -0.1) is 0 Å². The van der Waals surface area contributed by atoms with Gasteiger partial charge in [-0.05, 0) is 37.8 Å². The van der Waals surface area contributed by atoms with E-state index in [0.29, 0.717) is 36.4 Å². The van der Waals surface area contributed by atoms with Gasteiger partial charge in [0.2, 0.25) is 5.75 Å². The van der Waals surface area contributed by atoms with Gasteiger partial charge >= 0.3 is 5.63 Å². The number of benzene rings is 1. The largest absolute Gasteiger partial charge is 0.499 e. The van der Waals surface area contributed by atoms with Crippen LogP contribution in [0.1, 0.15) is 39.5 Å². The first kappa shape index (κ1) is 19.6. The highest BCUT2D eigenvalue weighted by Gasteiger charge is 2.15. The van der Waals surface area contributed by atoms with Gasteiger partial charge in [0.25, 0.3) is 0 Å². The first-order chi connectivity index (χ1) is 12.7. The second kappa shape index (κ2) is 10.3. The van der Waals surface area contributed by atoms with Gasteiger partial charge in [0.1, 0.15) is 11.3 Å². The van der Waals surface area contributed by atoms with Crippen molar-refractivity contribution in [3.8, 4) is 17.2 Å². The summed E-state index contributed by atoms with van der Waals surface area (Å²) in [6, 6.07) is 5.14. The molecule has 0 radical (unpaired) electrons. The van der Waals surface area contributed by atoms with Crippen LogP contribution < -0.4 is 15.1 Å². The van der Waals surface area contributed by atoms with E-state index < -0.39 is 11.4 Å². The Morgan fingerprint density at radius 2 is 1.65 bits per heavy atom. The van der Waals surface area contributed by atoms with Crippen LogP contribution in [0.4, 0.5) is 0 Å². The summed E-state index contributed by atoms with van der Waals surface area (Å²) in [4.78, 5) is 11.9. The quantitative estimate of drug-likeness (QED) is 0.369. The third-order valence-corrected chi connectivity index (χ3v) is 3.70. The van der Waals surface area contributed by atoms with Crippen LogP contribution in [0.3, 0.4) is 0 Å². The third kappa shape index (κ3) is 5.41. The Balaban J connectivity index is 2.15. The molecular weight excluding hydrogens is 332 g/mol. The van der Waals surface area contributed by atoms with Crippen LogP contribution >= 0.6 is 0 Å². The molecule has 0 bridgehead atoms. The number of ether oxygens (including phenoxy) is 2. The number of hydrogen-bond acceptors (Lipinski definition) is 5. The van der Waals surface area contributed by atoms with Gasteiger partial charge in [0.05, 0.1) is 18.6 Å². The second-order valence-electron chi connectivity index (χ2n) is 5.76. The van der Waals surface area contributed by atoms with Crippen molar-refractivity contribution < 1.29 is 19.0 Å². The van der Waals surface area contributed by atoms with E-state index in [4.69, 9.17) is 13.9 Å². The summed E-state index contributed by atoms with van der Waals surface area (Å²) in [5, 5.41) is 10.5. The van der Waals surface area contributed by atoms with Gasteiger partial charge in [-0.25, -0.2) is 4.79 Å². The van der Waals surface area contributed by atoms with E-state index in [1.165, 1.54) is 0 Å².